The van der Waals surface area contributed by atoms with Gasteiger partial charge in [0.2, 0.25) is 5.95 Å². The van der Waals surface area contributed by atoms with Crippen LogP contribution in [0.2, 0.25) is 0 Å². The summed E-state index contributed by atoms with van der Waals surface area (Å²) in [5.74, 6) is -0.156. The van der Waals surface area contributed by atoms with Crippen molar-refractivity contribution in [3.05, 3.63) is 56.6 Å². The molecule has 0 bridgehead atoms. The predicted molar refractivity (Wildman–Crippen MR) is 78.2 cm³/mol. The molecule has 0 atom stereocenters. The van der Waals surface area contributed by atoms with Crippen LogP contribution in [0.3, 0.4) is 0 Å². The Balaban J connectivity index is 2.56. The molecule has 1 N–H and O–H groups in total. The van der Waals surface area contributed by atoms with Gasteiger partial charge in [0.1, 0.15) is 5.82 Å². The zero-order valence-corrected chi connectivity index (χ0v) is 12.1. The SMILES string of the molecule is CNc1nc(=O)n(C(C)C)c(=O)n1Cc1ccc(F)cc1. The maximum atomic E-state index is 12.9. The molecule has 0 saturated carbocycles. The number of hydrogen-bond acceptors (Lipinski definition) is 4. The zero-order valence-electron chi connectivity index (χ0n) is 12.1. The van der Waals surface area contributed by atoms with Crippen LogP contribution in [-0.2, 0) is 6.54 Å². The molecule has 0 aliphatic carbocycles. The minimum Gasteiger partial charge on any atom is -0.358 e. The number of benzene rings is 1. The molecule has 0 amide bonds. The summed E-state index contributed by atoms with van der Waals surface area (Å²) >= 11 is 0. The van der Waals surface area contributed by atoms with E-state index in [-0.39, 0.29) is 24.4 Å². The summed E-state index contributed by atoms with van der Waals surface area (Å²) in [5, 5.41) is 2.74. The number of halogens is 1. The van der Waals surface area contributed by atoms with Crippen molar-refractivity contribution in [2.24, 2.45) is 0 Å². The molecule has 112 valence electrons. The first-order chi connectivity index (χ1) is 9.93. The maximum Gasteiger partial charge on any atom is 0.355 e. The highest BCUT2D eigenvalue weighted by Gasteiger charge is 2.14. The van der Waals surface area contributed by atoms with E-state index in [1.54, 1.807) is 33.0 Å². The van der Waals surface area contributed by atoms with Crippen LogP contribution in [0.15, 0.2) is 33.9 Å². The highest BCUT2D eigenvalue weighted by Crippen LogP contribution is 2.07. The van der Waals surface area contributed by atoms with Crippen LogP contribution in [0.5, 0.6) is 0 Å². The lowest BCUT2D eigenvalue weighted by atomic mass is 10.2. The molecule has 0 fully saturated rings. The van der Waals surface area contributed by atoms with Gasteiger partial charge in [0.25, 0.3) is 0 Å². The van der Waals surface area contributed by atoms with E-state index in [9.17, 15) is 14.0 Å². The number of nitrogens with one attached hydrogen (secondary N) is 1. The average Bonchev–Trinajstić information content (AvgIpc) is 2.43. The predicted octanol–water partition coefficient (Wildman–Crippen LogP) is 1.21. The van der Waals surface area contributed by atoms with Crippen molar-refractivity contribution in [1.29, 1.82) is 0 Å². The lowest BCUT2D eigenvalue weighted by Crippen LogP contribution is -2.43. The van der Waals surface area contributed by atoms with Crippen molar-refractivity contribution >= 4 is 5.95 Å². The van der Waals surface area contributed by atoms with Gasteiger partial charge in [0.15, 0.2) is 0 Å². The van der Waals surface area contributed by atoms with E-state index in [2.05, 4.69) is 10.3 Å². The van der Waals surface area contributed by atoms with Gasteiger partial charge >= 0.3 is 11.4 Å². The molecule has 0 spiro atoms. The van der Waals surface area contributed by atoms with Crippen LogP contribution in [-0.4, -0.2) is 21.2 Å². The van der Waals surface area contributed by atoms with E-state index in [1.165, 1.54) is 16.7 Å². The lowest BCUT2D eigenvalue weighted by Gasteiger charge is -2.15. The maximum absolute atomic E-state index is 12.9. The van der Waals surface area contributed by atoms with Crippen LogP contribution in [0.1, 0.15) is 25.5 Å². The van der Waals surface area contributed by atoms with Crippen molar-refractivity contribution in [1.82, 2.24) is 14.1 Å². The van der Waals surface area contributed by atoms with E-state index in [0.29, 0.717) is 0 Å². The molecule has 0 unspecified atom stereocenters. The Labute approximate surface area is 120 Å². The van der Waals surface area contributed by atoms with Gasteiger partial charge < -0.3 is 5.32 Å². The van der Waals surface area contributed by atoms with Crippen LogP contribution >= 0.6 is 0 Å². The van der Waals surface area contributed by atoms with Gasteiger partial charge in [0.05, 0.1) is 6.54 Å². The molecule has 0 aliphatic rings. The Hall–Kier alpha value is -2.44. The molecule has 1 heterocycles. The van der Waals surface area contributed by atoms with E-state index in [1.807, 2.05) is 0 Å². The molecule has 6 nitrogen and oxygen atoms in total. The van der Waals surface area contributed by atoms with E-state index < -0.39 is 11.4 Å². The Morgan fingerprint density at radius 2 is 1.86 bits per heavy atom. The molecule has 0 saturated heterocycles. The third-order valence-corrected chi connectivity index (χ3v) is 3.09. The summed E-state index contributed by atoms with van der Waals surface area (Å²) in [5.41, 5.74) is -0.292. The first kappa shape index (κ1) is 15.0. The minimum absolute atomic E-state index is 0.186. The van der Waals surface area contributed by atoms with Crippen LogP contribution in [0.25, 0.3) is 0 Å². The van der Waals surface area contributed by atoms with Crippen molar-refractivity contribution in [3.8, 4) is 0 Å². The van der Waals surface area contributed by atoms with Gasteiger partial charge in [-0.1, -0.05) is 12.1 Å². The standard InChI is InChI=1S/C14H17FN4O2/c1-9(2)19-13(20)17-12(16-3)18(14(19)21)8-10-4-6-11(15)7-5-10/h4-7,9H,8H2,1-3H3,(H,16,17,20). The Morgan fingerprint density at radius 1 is 1.24 bits per heavy atom. The second-order valence-corrected chi connectivity index (χ2v) is 4.93. The van der Waals surface area contributed by atoms with E-state index in [0.717, 1.165) is 10.1 Å². The zero-order chi connectivity index (χ0) is 15.6. The smallest absolute Gasteiger partial charge is 0.355 e. The molecule has 0 radical (unpaired) electrons. The number of hydrogen-bond donors (Lipinski definition) is 1. The molecule has 1 aromatic carbocycles. The third kappa shape index (κ3) is 3.01. The summed E-state index contributed by atoms with van der Waals surface area (Å²) in [6.45, 7) is 3.69. The fourth-order valence-electron chi connectivity index (χ4n) is 2.05. The fourth-order valence-corrected chi connectivity index (χ4v) is 2.05. The topological polar surface area (TPSA) is 68.9 Å². The first-order valence-electron chi connectivity index (χ1n) is 6.59. The second-order valence-electron chi connectivity index (χ2n) is 4.93. The Morgan fingerprint density at radius 3 is 2.38 bits per heavy atom. The van der Waals surface area contributed by atoms with Gasteiger partial charge in [-0.3, -0.25) is 4.57 Å². The Bertz CT molecular complexity index is 747. The first-order valence-corrected chi connectivity index (χ1v) is 6.59. The monoisotopic (exact) mass is 292 g/mol. The Kier molecular flexibility index (Phi) is 4.21. The van der Waals surface area contributed by atoms with Crippen molar-refractivity contribution in [2.75, 3.05) is 12.4 Å². The molecule has 1 aromatic heterocycles. The van der Waals surface area contributed by atoms with Crippen LogP contribution < -0.4 is 16.7 Å². The third-order valence-electron chi connectivity index (χ3n) is 3.09. The summed E-state index contributed by atoms with van der Waals surface area (Å²) in [4.78, 5) is 28.2. The van der Waals surface area contributed by atoms with Gasteiger partial charge in [0, 0.05) is 13.1 Å². The van der Waals surface area contributed by atoms with Gasteiger partial charge in [-0.05, 0) is 31.5 Å². The van der Waals surface area contributed by atoms with Crippen molar-refractivity contribution in [3.63, 3.8) is 0 Å². The van der Waals surface area contributed by atoms with Gasteiger partial charge in [-0.2, -0.15) is 4.98 Å². The molecule has 7 heteroatoms. The van der Waals surface area contributed by atoms with Crippen molar-refractivity contribution in [2.45, 2.75) is 26.4 Å². The summed E-state index contributed by atoms with van der Waals surface area (Å²) in [6, 6.07) is 5.54. The number of nitrogens with zero attached hydrogens (tertiary/aromatic N) is 3. The second kappa shape index (κ2) is 5.90. The molecular formula is C14H17FN4O2. The summed E-state index contributed by atoms with van der Waals surface area (Å²) in [7, 11) is 1.59. The van der Waals surface area contributed by atoms with Crippen LogP contribution in [0.4, 0.5) is 10.3 Å². The average molecular weight is 292 g/mol. The molecule has 21 heavy (non-hydrogen) atoms. The van der Waals surface area contributed by atoms with Gasteiger partial charge in [-0.15, -0.1) is 0 Å². The fraction of sp³-hybridized carbons (Fsp3) is 0.357. The number of rotatable bonds is 4. The summed E-state index contributed by atoms with van der Waals surface area (Å²) < 4.78 is 15.4. The largest absolute Gasteiger partial charge is 0.358 e. The lowest BCUT2D eigenvalue weighted by molar-refractivity contribution is 0.496. The number of anilines is 1. The molecule has 2 rings (SSSR count). The normalized spacial score (nSPS) is 10.9. The minimum atomic E-state index is -0.588. The highest BCUT2D eigenvalue weighted by atomic mass is 19.1. The highest BCUT2D eigenvalue weighted by molar-refractivity contribution is 5.25. The quantitative estimate of drug-likeness (QED) is 0.920. The van der Waals surface area contributed by atoms with E-state index >= 15 is 0 Å². The van der Waals surface area contributed by atoms with Gasteiger partial charge in [-0.25, -0.2) is 18.5 Å². The van der Waals surface area contributed by atoms with Crippen molar-refractivity contribution < 1.29 is 4.39 Å². The van der Waals surface area contributed by atoms with E-state index in [4.69, 9.17) is 0 Å². The summed E-state index contributed by atoms with van der Waals surface area (Å²) in [6.07, 6.45) is 0. The molecule has 0 aliphatic heterocycles. The van der Waals surface area contributed by atoms with Crippen LogP contribution in [0, 0.1) is 5.82 Å². The number of aromatic nitrogens is 3. The molecular weight excluding hydrogens is 275 g/mol. The molecule has 2 aromatic rings.